The number of guanidine groups is 1. The number of aryl methyl sites for hydroxylation is 1. The summed E-state index contributed by atoms with van der Waals surface area (Å²) < 4.78 is 45.9. The van der Waals surface area contributed by atoms with Gasteiger partial charge < -0.3 is 29.6 Å². The van der Waals surface area contributed by atoms with E-state index in [9.17, 15) is 8.78 Å². The topological polar surface area (TPSA) is 73.3 Å². The Balaban J connectivity index is 0.00000320. The van der Waals surface area contributed by atoms with Crippen molar-refractivity contribution in [1.29, 1.82) is 0 Å². The van der Waals surface area contributed by atoms with E-state index in [1.54, 1.807) is 20.2 Å². The second kappa shape index (κ2) is 11.0. The van der Waals surface area contributed by atoms with Gasteiger partial charge in [0.15, 0.2) is 17.5 Å². The molecule has 0 radical (unpaired) electrons. The lowest BCUT2D eigenvalue weighted by molar-refractivity contribution is -0.0505. The van der Waals surface area contributed by atoms with Gasteiger partial charge in [0.25, 0.3) is 0 Å². The molecule has 0 atom stereocenters. The third-order valence-electron chi connectivity index (χ3n) is 4.36. The Bertz CT molecular complexity index is 897. The van der Waals surface area contributed by atoms with Crippen LogP contribution in [0.25, 0.3) is 0 Å². The van der Waals surface area contributed by atoms with E-state index in [2.05, 4.69) is 20.4 Å². The van der Waals surface area contributed by atoms with Gasteiger partial charge in [0.05, 0.1) is 7.11 Å². The van der Waals surface area contributed by atoms with Crippen molar-refractivity contribution in [3.63, 3.8) is 0 Å². The molecular weight excluding hydrogens is 511 g/mol. The first-order valence-electron chi connectivity index (χ1n) is 8.95. The van der Waals surface area contributed by atoms with Crippen LogP contribution in [0.3, 0.4) is 0 Å². The molecule has 2 aromatic carbocycles. The lowest BCUT2D eigenvalue weighted by Crippen LogP contribution is -2.36. The van der Waals surface area contributed by atoms with Crippen LogP contribution < -0.4 is 29.6 Å². The second-order valence-corrected chi connectivity index (χ2v) is 6.27. The molecule has 0 fully saturated rings. The number of fused-ring (bicyclic) bond motifs is 1. The predicted octanol–water partition coefficient (Wildman–Crippen LogP) is 3.82. The van der Waals surface area contributed by atoms with Crippen molar-refractivity contribution in [2.75, 3.05) is 21.0 Å². The minimum Gasteiger partial charge on any atom is -0.496 e. The quantitative estimate of drug-likeness (QED) is 0.319. The number of alkyl halides is 2. The molecular formula is C20H24F2IN3O4. The smallest absolute Gasteiger partial charge is 0.387 e. The van der Waals surface area contributed by atoms with Crippen molar-refractivity contribution in [2.45, 2.75) is 26.6 Å². The molecule has 0 amide bonds. The third-order valence-corrected chi connectivity index (χ3v) is 4.36. The highest BCUT2D eigenvalue weighted by Crippen LogP contribution is 2.38. The van der Waals surface area contributed by atoms with E-state index >= 15 is 0 Å². The summed E-state index contributed by atoms with van der Waals surface area (Å²) in [6.07, 6.45) is 0. The number of hydrogen-bond donors (Lipinski definition) is 2. The zero-order valence-corrected chi connectivity index (χ0v) is 19.2. The first kappa shape index (κ1) is 23.8. The Morgan fingerprint density at radius 2 is 1.80 bits per heavy atom. The number of aliphatic imine (C=N–C) groups is 1. The highest BCUT2D eigenvalue weighted by Gasteiger charge is 2.20. The van der Waals surface area contributed by atoms with Crippen molar-refractivity contribution >= 4 is 29.9 Å². The predicted molar refractivity (Wildman–Crippen MR) is 119 cm³/mol. The monoisotopic (exact) mass is 535 g/mol. The van der Waals surface area contributed by atoms with Gasteiger partial charge in [0.1, 0.15) is 11.5 Å². The van der Waals surface area contributed by atoms with Crippen LogP contribution in [0.15, 0.2) is 35.3 Å². The number of hydrogen-bond acceptors (Lipinski definition) is 5. The molecule has 0 unspecified atom stereocenters. The number of halogens is 3. The highest BCUT2D eigenvalue weighted by atomic mass is 127. The van der Waals surface area contributed by atoms with E-state index < -0.39 is 6.61 Å². The van der Waals surface area contributed by atoms with Gasteiger partial charge in [0.2, 0.25) is 6.79 Å². The molecule has 2 N–H and O–H groups in total. The molecule has 3 rings (SSSR count). The van der Waals surface area contributed by atoms with Crippen LogP contribution in [0.2, 0.25) is 0 Å². The normalized spacial score (nSPS) is 12.4. The van der Waals surface area contributed by atoms with E-state index in [1.165, 1.54) is 6.07 Å². The van der Waals surface area contributed by atoms with Gasteiger partial charge in [-0.1, -0.05) is 12.1 Å². The summed E-state index contributed by atoms with van der Waals surface area (Å²) in [5.41, 5.74) is 2.58. The Hall–Kier alpha value is -2.50. The van der Waals surface area contributed by atoms with Crippen molar-refractivity contribution in [2.24, 2.45) is 4.99 Å². The summed E-state index contributed by atoms with van der Waals surface area (Å²) in [7, 11) is 3.26. The molecule has 0 bridgehead atoms. The first-order valence-corrected chi connectivity index (χ1v) is 8.95. The number of nitrogens with zero attached hydrogens (tertiary/aromatic N) is 1. The van der Waals surface area contributed by atoms with Crippen LogP contribution in [0, 0.1) is 6.92 Å². The van der Waals surface area contributed by atoms with E-state index in [0.29, 0.717) is 29.6 Å². The average molecular weight is 535 g/mol. The molecule has 0 aromatic heterocycles. The zero-order valence-electron chi connectivity index (χ0n) is 16.8. The fourth-order valence-electron chi connectivity index (χ4n) is 2.95. The van der Waals surface area contributed by atoms with Gasteiger partial charge in [-0.25, -0.2) is 0 Å². The summed E-state index contributed by atoms with van der Waals surface area (Å²) in [5.74, 6) is 2.23. The van der Waals surface area contributed by atoms with Gasteiger partial charge in [-0.15, -0.1) is 24.0 Å². The van der Waals surface area contributed by atoms with Crippen LogP contribution in [-0.4, -0.2) is 33.5 Å². The first-order chi connectivity index (χ1) is 14.0. The molecule has 30 heavy (non-hydrogen) atoms. The van der Waals surface area contributed by atoms with Crippen molar-refractivity contribution in [3.05, 3.63) is 47.0 Å². The molecule has 0 saturated carbocycles. The van der Waals surface area contributed by atoms with Gasteiger partial charge >= 0.3 is 6.61 Å². The Morgan fingerprint density at radius 1 is 1.10 bits per heavy atom. The highest BCUT2D eigenvalue weighted by molar-refractivity contribution is 14.0. The van der Waals surface area contributed by atoms with Crippen molar-refractivity contribution in [1.82, 2.24) is 10.6 Å². The molecule has 0 saturated heterocycles. The van der Waals surface area contributed by atoms with E-state index in [0.717, 1.165) is 16.9 Å². The van der Waals surface area contributed by atoms with E-state index in [4.69, 9.17) is 14.2 Å². The minimum absolute atomic E-state index is 0. The maximum Gasteiger partial charge on any atom is 0.387 e. The Kier molecular flexibility index (Phi) is 8.75. The molecule has 2 aromatic rings. The second-order valence-electron chi connectivity index (χ2n) is 6.27. The van der Waals surface area contributed by atoms with Crippen LogP contribution in [-0.2, 0) is 13.1 Å². The number of rotatable bonds is 7. The number of nitrogens with one attached hydrogen (secondary N) is 2. The maximum atomic E-state index is 12.8. The molecule has 0 spiro atoms. The van der Waals surface area contributed by atoms with Gasteiger partial charge in [-0.2, -0.15) is 8.78 Å². The molecule has 7 nitrogen and oxygen atoms in total. The summed E-state index contributed by atoms with van der Waals surface area (Å²) in [4.78, 5) is 4.16. The summed E-state index contributed by atoms with van der Waals surface area (Å²) >= 11 is 0. The molecule has 0 aliphatic carbocycles. The van der Waals surface area contributed by atoms with Crippen molar-refractivity contribution < 1.29 is 27.7 Å². The fraction of sp³-hybridized carbons (Fsp3) is 0.350. The maximum absolute atomic E-state index is 12.8. The standard InChI is InChI=1S/C20H23F2N3O4.HI/c1-12-6-13(4-5-15(12)26-3)9-24-20(23-2)25-10-14-7-17-18(28-11-27-17)8-16(14)29-19(21)22;/h4-8,19H,9-11H2,1-3H3,(H2,23,24,25);1H. The summed E-state index contributed by atoms with van der Waals surface area (Å²) in [6, 6.07) is 8.90. The minimum atomic E-state index is -2.94. The van der Waals surface area contributed by atoms with Crippen LogP contribution >= 0.6 is 24.0 Å². The van der Waals surface area contributed by atoms with Crippen LogP contribution in [0.5, 0.6) is 23.0 Å². The summed E-state index contributed by atoms with van der Waals surface area (Å²) in [6.45, 7) is -0.180. The van der Waals surface area contributed by atoms with E-state index in [-0.39, 0.29) is 43.1 Å². The van der Waals surface area contributed by atoms with Gasteiger partial charge in [-0.05, 0) is 30.2 Å². The van der Waals surface area contributed by atoms with Crippen LogP contribution in [0.1, 0.15) is 16.7 Å². The Morgan fingerprint density at radius 3 is 2.43 bits per heavy atom. The van der Waals surface area contributed by atoms with Gasteiger partial charge in [0, 0.05) is 31.8 Å². The van der Waals surface area contributed by atoms with Crippen molar-refractivity contribution in [3.8, 4) is 23.0 Å². The largest absolute Gasteiger partial charge is 0.496 e. The molecule has 10 heteroatoms. The van der Waals surface area contributed by atoms with Gasteiger partial charge in [-0.3, -0.25) is 4.99 Å². The molecule has 164 valence electrons. The summed E-state index contributed by atoms with van der Waals surface area (Å²) in [5, 5.41) is 6.28. The number of benzene rings is 2. The number of ether oxygens (including phenoxy) is 4. The average Bonchev–Trinajstić information content (AvgIpc) is 3.15. The van der Waals surface area contributed by atoms with E-state index in [1.807, 2.05) is 25.1 Å². The number of methoxy groups -OCH3 is 1. The zero-order chi connectivity index (χ0) is 20.8. The lowest BCUT2D eigenvalue weighted by atomic mass is 10.1. The third kappa shape index (κ3) is 6.00. The molecule has 1 aliphatic heterocycles. The molecule has 1 heterocycles. The fourth-order valence-corrected chi connectivity index (χ4v) is 2.95. The Labute approximate surface area is 190 Å². The molecule has 1 aliphatic rings. The SMILES string of the molecule is CN=C(NCc1ccc(OC)c(C)c1)NCc1cc2c(cc1OC(F)F)OCO2.I. The van der Waals surface area contributed by atoms with Crippen LogP contribution in [0.4, 0.5) is 8.78 Å². The lowest BCUT2D eigenvalue weighted by Gasteiger charge is -2.15.